The third kappa shape index (κ3) is 2.23. The lowest BCUT2D eigenvalue weighted by Crippen LogP contribution is -1.95. The van der Waals surface area contributed by atoms with E-state index in [0.717, 1.165) is 0 Å². The summed E-state index contributed by atoms with van der Waals surface area (Å²) in [5.74, 6) is -1.49. The van der Waals surface area contributed by atoms with Gasteiger partial charge in [0.15, 0.2) is 5.78 Å². The SMILES string of the molecule is CC(=O)c1[c]ccc(-c2c(F)cccc2F)c1. The van der Waals surface area contributed by atoms with E-state index in [9.17, 15) is 13.6 Å². The van der Waals surface area contributed by atoms with E-state index >= 15 is 0 Å². The van der Waals surface area contributed by atoms with Crippen molar-refractivity contribution in [1.29, 1.82) is 0 Å². The lowest BCUT2D eigenvalue weighted by Gasteiger charge is -2.06. The van der Waals surface area contributed by atoms with E-state index in [1.54, 1.807) is 0 Å². The maximum absolute atomic E-state index is 13.5. The minimum absolute atomic E-state index is 0.121. The van der Waals surface area contributed by atoms with Crippen LogP contribution in [0.2, 0.25) is 0 Å². The highest BCUT2D eigenvalue weighted by Crippen LogP contribution is 2.26. The standard InChI is InChI=1S/C14H9F2O/c1-9(17)10-4-2-5-11(8-10)14-12(15)6-3-7-13(14)16/h2-3,5-8H,1H3. The molecule has 0 fully saturated rings. The van der Waals surface area contributed by atoms with Crippen LogP contribution < -0.4 is 0 Å². The Hall–Kier alpha value is -2.03. The molecular formula is C14H9F2O. The molecule has 0 aliphatic rings. The predicted octanol–water partition coefficient (Wildman–Crippen LogP) is 3.63. The van der Waals surface area contributed by atoms with Crippen molar-refractivity contribution < 1.29 is 13.6 Å². The fourth-order valence-electron chi connectivity index (χ4n) is 1.60. The van der Waals surface area contributed by atoms with Crippen LogP contribution in [0.25, 0.3) is 11.1 Å². The molecule has 0 atom stereocenters. The number of Topliss-reactive ketones (excluding diaryl/α,β-unsaturated/α-hetero) is 1. The lowest BCUT2D eigenvalue weighted by molar-refractivity contribution is 0.101. The van der Waals surface area contributed by atoms with Crippen LogP contribution in [0.3, 0.4) is 0 Å². The quantitative estimate of drug-likeness (QED) is 0.721. The summed E-state index contributed by atoms with van der Waals surface area (Å²) in [6, 6.07) is 10.8. The van der Waals surface area contributed by atoms with Gasteiger partial charge in [-0.15, -0.1) is 0 Å². The fourth-order valence-corrected chi connectivity index (χ4v) is 1.60. The summed E-state index contributed by atoms with van der Waals surface area (Å²) in [5, 5.41) is 0. The summed E-state index contributed by atoms with van der Waals surface area (Å²) in [5.41, 5.74) is 0.527. The van der Waals surface area contributed by atoms with Gasteiger partial charge in [0, 0.05) is 5.56 Å². The average molecular weight is 231 g/mol. The van der Waals surface area contributed by atoms with E-state index in [1.165, 1.54) is 43.3 Å². The van der Waals surface area contributed by atoms with Crippen LogP contribution in [-0.2, 0) is 0 Å². The summed E-state index contributed by atoms with van der Waals surface area (Å²) in [4.78, 5) is 11.2. The zero-order valence-electron chi connectivity index (χ0n) is 9.13. The van der Waals surface area contributed by atoms with Crippen molar-refractivity contribution in [1.82, 2.24) is 0 Å². The maximum Gasteiger partial charge on any atom is 0.160 e. The van der Waals surface area contributed by atoms with Crippen LogP contribution in [0.4, 0.5) is 8.78 Å². The first-order valence-corrected chi connectivity index (χ1v) is 5.06. The van der Waals surface area contributed by atoms with Crippen molar-refractivity contribution in [3.05, 3.63) is 59.7 Å². The second-order valence-electron chi connectivity index (χ2n) is 3.64. The van der Waals surface area contributed by atoms with Crippen molar-refractivity contribution in [3.8, 4) is 11.1 Å². The molecule has 1 nitrogen and oxygen atoms in total. The molecule has 0 saturated carbocycles. The van der Waals surface area contributed by atoms with Crippen LogP contribution in [0.15, 0.2) is 36.4 Å². The summed E-state index contributed by atoms with van der Waals surface area (Å²) in [6.07, 6.45) is 0. The van der Waals surface area contributed by atoms with E-state index < -0.39 is 11.6 Å². The molecule has 0 unspecified atom stereocenters. The Balaban J connectivity index is 2.61. The number of ketones is 1. The van der Waals surface area contributed by atoms with Crippen molar-refractivity contribution in [2.45, 2.75) is 6.92 Å². The van der Waals surface area contributed by atoms with Crippen molar-refractivity contribution in [2.75, 3.05) is 0 Å². The first-order chi connectivity index (χ1) is 8.09. The molecule has 0 amide bonds. The van der Waals surface area contributed by atoms with E-state index in [-0.39, 0.29) is 11.3 Å². The molecule has 85 valence electrons. The van der Waals surface area contributed by atoms with Gasteiger partial charge in [-0.2, -0.15) is 0 Å². The van der Waals surface area contributed by atoms with Crippen LogP contribution in [-0.4, -0.2) is 5.78 Å². The zero-order valence-corrected chi connectivity index (χ0v) is 9.13. The number of hydrogen-bond acceptors (Lipinski definition) is 1. The highest BCUT2D eigenvalue weighted by molar-refractivity contribution is 5.95. The largest absolute Gasteiger partial charge is 0.294 e. The van der Waals surface area contributed by atoms with Gasteiger partial charge in [-0.05, 0) is 36.8 Å². The molecule has 17 heavy (non-hydrogen) atoms. The molecule has 0 N–H and O–H groups in total. The molecule has 0 spiro atoms. The summed E-state index contributed by atoms with van der Waals surface area (Å²) in [6.45, 7) is 1.38. The first-order valence-electron chi connectivity index (χ1n) is 5.06. The maximum atomic E-state index is 13.5. The van der Waals surface area contributed by atoms with Gasteiger partial charge in [0.2, 0.25) is 0 Å². The smallest absolute Gasteiger partial charge is 0.160 e. The second-order valence-corrected chi connectivity index (χ2v) is 3.64. The van der Waals surface area contributed by atoms with Gasteiger partial charge in [-0.3, -0.25) is 4.79 Å². The van der Waals surface area contributed by atoms with Gasteiger partial charge >= 0.3 is 0 Å². The Labute approximate surface area is 97.7 Å². The number of halogens is 2. The van der Waals surface area contributed by atoms with E-state index in [1.807, 2.05) is 0 Å². The Morgan fingerprint density at radius 2 is 1.82 bits per heavy atom. The highest BCUT2D eigenvalue weighted by atomic mass is 19.1. The van der Waals surface area contributed by atoms with Crippen molar-refractivity contribution in [2.24, 2.45) is 0 Å². The molecule has 0 bridgehead atoms. The monoisotopic (exact) mass is 231 g/mol. The molecule has 0 heterocycles. The molecule has 0 saturated heterocycles. The molecule has 3 heteroatoms. The van der Waals surface area contributed by atoms with Crippen molar-refractivity contribution >= 4 is 5.78 Å². The summed E-state index contributed by atoms with van der Waals surface area (Å²) >= 11 is 0. The van der Waals surface area contributed by atoms with E-state index in [4.69, 9.17) is 0 Å². The Kier molecular flexibility index (Phi) is 3.00. The van der Waals surface area contributed by atoms with Crippen LogP contribution in [0.1, 0.15) is 17.3 Å². The summed E-state index contributed by atoms with van der Waals surface area (Å²) in [7, 11) is 0. The number of carbonyl (C=O) groups excluding carboxylic acids is 1. The number of benzene rings is 2. The normalized spacial score (nSPS) is 10.3. The molecule has 2 aromatic rings. The van der Waals surface area contributed by atoms with Gasteiger partial charge in [-0.25, -0.2) is 8.78 Å². The topological polar surface area (TPSA) is 17.1 Å². The molecular weight excluding hydrogens is 222 g/mol. The minimum atomic E-state index is -0.647. The predicted molar refractivity (Wildman–Crippen MR) is 60.6 cm³/mol. The van der Waals surface area contributed by atoms with Crippen LogP contribution in [0, 0.1) is 17.7 Å². The third-order valence-electron chi connectivity index (χ3n) is 2.43. The Morgan fingerprint density at radius 3 is 2.41 bits per heavy atom. The molecule has 0 aliphatic carbocycles. The van der Waals surface area contributed by atoms with E-state index in [2.05, 4.69) is 6.07 Å². The molecule has 1 radical (unpaired) electrons. The van der Waals surface area contributed by atoms with Crippen LogP contribution >= 0.6 is 0 Å². The third-order valence-corrected chi connectivity index (χ3v) is 2.43. The van der Waals surface area contributed by atoms with Gasteiger partial charge < -0.3 is 0 Å². The number of rotatable bonds is 2. The second kappa shape index (κ2) is 4.45. The highest BCUT2D eigenvalue weighted by Gasteiger charge is 2.11. The number of hydrogen-bond donors (Lipinski definition) is 0. The van der Waals surface area contributed by atoms with Gasteiger partial charge in [-0.1, -0.05) is 18.2 Å². The Bertz CT molecular complexity index is 556. The molecule has 0 aliphatic heterocycles. The van der Waals surface area contributed by atoms with Gasteiger partial charge in [0.1, 0.15) is 11.6 Å². The number of carbonyl (C=O) groups is 1. The Morgan fingerprint density at radius 1 is 1.18 bits per heavy atom. The zero-order chi connectivity index (χ0) is 12.4. The average Bonchev–Trinajstić information content (AvgIpc) is 2.29. The molecule has 0 aromatic heterocycles. The van der Waals surface area contributed by atoms with Gasteiger partial charge in [0.05, 0.1) is 5.56 Å². The first kappa shape index (κ1) is 11.5. The molecule has 2 rings (SSSR count). The minimum Gasteiger partial charge on any atom is -0.294 e. The van der Waals surface area contributed by atoms with Crippen LogP contribution in [0.5, 0.6) is 0 Å². The van der Waals surface area contributed by atoms with Crippen molar-refractivity contribution in [3.63, 3.8) is 0 Å². The fraction of sp³-hybridized carbons (Fsp3) is 0.0714. The lowest BCUT2D eigenvalue weighted by atomic mass is 10.0. The van der Waals surface area contributed by atoms with E-state index in [0.29, 0.717) is 11.1 Å². The van der Waals surface area contributed by atoms with Gasteiger partial charge in [0.25, 0.3) is 0 Å². The molecule has 2 aromatic carbocycles. The summed E-state index contributed by atoms with van der Waals surface area (Å²) < 4.78 is 27.1.